The second-order valence-corrected chi connectivity index (χ2v) is 5.04. The highest BCUT2D eigenvalue weighted by Gasteiger charge is 2.22. The molecule has 2 heterocycles. The van der Waals surface area contributed by atoms with Crippen LogP contribution in [0.2, 0.25) is 0 Å². The SMILES string of the molecule is CCNC(CC)C(C)c1nc(-c2cc(C)ccn2)no1. The van der Waals surface area contributed by atoms with E-state index in [0.717, 1.165) is 24.2 Å². The van der Waals surface area contributed by atoms with Crippen molar-refractivity contribution in [1.29, 1.82) is 0 Å². The minimum Gasteiger partial charge on any atom is -0.339 e. The van der Waals surface area contributed by atoms with Crippen LogP contribution in [0, 0.1) is 6.92 Å². The molecule has 0 aliphatic carbocycles. The lowest BCUT2D eigenvalue weighted by Gasteiger charge is -2.20. The van der Waals surface area contributed by atoms with Crippen LogP contribution in [0.4, 0.5) is 0 Å². The third-order valence-corrected chi connectivity index (χ3v) is 3.49. The number of aromatic nitrogens is 3. The zero-order chi connectivity index (χ0) is 14.5. The Morgan fingerprint density at radius 3 is 2.80 bits per heavy atom. The summed E-state index contributed by atoms with van der Waals surface area (Å²) in [5, 5.41) is 7.49. The molecule has 2 atom stereocenters. The minimum atomic E-state index is 0.186. The standard InChI is InChI=1S/C15H22N4O/c1-5-12(16-6-2)11(4)15-18-14(19-20-15)13-9-10(3)7-8-17-13/h7-9,11-12,16H,5-6H2,1-4H3. The molecule has 0 bridgehead atoms. The van der Waals surface area contributed by atoms with Crippen LogP contribution in [0.15, 0.2) is 22.9 Å². The van der Waals surface area contributed by atoms with Crippen molar-refractivity contribution in [2.24, 2.45) is 0 Å². The maximum Gasteiger partial charge on any atom is 0.231 e. The van der Waals surface area contributed by atoms with Gasteiger partial charge in [-0.3, -0.25) is 4.98 Å². The fourth-order valence-electron chi connectivity index (χ4n) is 2.29. The Morgan fingerprint density at radius 1 is 1.35 bits per heavy atom. The number of hydrogen-bond acceptors (Lipinski definition) is 5. The van der Waals surface area contributed by atoms with Crippen LogP contribution in [0.5, 0.6) is 0 Å². The molecule has 0 aliphatic rings. The van der Waals surface area contributed by atoms with Crippen molar-refractivity contribution in [3.05, 3.63) is 29.8 Å². The first-order valence-corrected chi connectivity index (χ1v) is 7.15. The molecule has 2 aromatic heterocycles. The van der Waals surface area contributed by atoms with Gasteiger partial charge in [-0.25, -0.2) is 0 Å². The van der Waals surface area contributed by atoms with Crippen LogP contribution in [-0.2, 0) is 0 Å². The molecule has 0 saturated heterocycles. The first-order chi connectivity index (χ1) is 9.65. The van der Waals surface area contributed by atoms with E-state index >= 15 is 0 Å². The fraction of sp³-hybridized carbons (Fsp3) is 0.533. The summed E-state index contributed by atoms with van der Waals surface area (Å²) in [7, 11) is 0. The number of nitrogens with one attached hydrogen (secondary N) is 1. The molecule has 5 heteroatoms. The largest absolute Gasteiger partial charge is 0.339 e. The normalized spacial score (nSPS) is 14.2. The predicted octanol–water partition coefficient (Wildman–Crippen LogP) is 2.93. The van der Waals surface area contributed by atoms with Gasteiger partial charge in [-0.15, -0.1) is 0 Å². The maximum atomic E-state index is 5.41. The van der Waals surface area contributed by atoms with Crippen molar-refractivity contribution in [2.45, 2.75) is 46.1 Å². The van der Waals surface area contributed by atoms with Gasteiger partial charge >= 0.3 is 0 Å². The quantitative estimate of drug-likeness (QED) is 0.877. The van der Waals surface area contributed by atoms with Crippen molar-refractivity contribution in [3.8, 4) is 11.5 Å². The summed E-state index contributed by atoms with van der Waals surface area (Å²) in [6, 6.07) is 4.26. The van der Waals surface area contributed by atoms with E-state index in [0.29, 0.717) is 17.8 Å². The second-order valence-electron chi connectivity index (χ2n) is 5.04. The molecule has 0 aliphatic heterocycles. The molecule has 0 radical (unpaired) electrons. The number of likely N-dealkylation sites (N-methyl/N-ethyl adjacent to an activating group) is 1. The van der Waals surface area contributed by atoms with Crippen LogP contribution in [0.25, 0.3) is 11.5 Å². The topological polar surface area (TPSA) is 63.8 Å². The molecule has 0 spiro atoms. The molecule has 0 fully saturated rings. The van der Waals surface area contributed by atoms with E-state index < -0.39 is 0 Å². The number of rotatable bonds is 6. The second kappa shape index (κ2) is 6.61. The van der Waals surface area contributed by atoms with E-state index in [2.05, 4.69) is 41.2 Å². The van der Waals surface area contributed by atoms with E-state index in [1.807, 2.05) is 19.1 Å². The average molecular weight is 274 g/mol. The minimum absolute atomic E-state index is 0.186. The van der Waals surface area contributed by atoms with Crippen LogP contribution in [-0.4, -0.2) is 27.7 Å². The molecule has 2 aromatic rings. The third kappa shape index (κ3) is 3.22. The van der Waals surface area contributed by atoms with Crippen molar-refractivity contribution < 1.29 is 4.52 Å². The van der Waals surface area contributed by atoms with E-state index in [1.54, 1.807) is 6.20 Å². The van der Waals surface area contributed by atoms with Gasteiger partial charge < -0.3 is 9.84 Å². The Bertz CT molecular complexity index is 552. The van der Waals surface area contributed by atoms with E-state index in [1.165, 1.54) is 0 Å². The van der Waals surface area contributed by atoms with Gasteiger partial charge in [-0.05, 0) is 37.6 Å². The molecule has 20 heavy (non-hydrogen) atoms. The van der Waals surface area contributed by atoms with Gasteiger partial charge in [-0.2, -0.15) is 4.98 Å². The summed E-state index contributed by atoms with van der Waals surface area (Å²) >= 11 is 0. The lowest BCUT2D eigenvalue weighted by Crippen LogP contribution is -2.33. The summed E-state index contributed by atoms with van der Waals surface area (Å²) < 4.78 is 5.41. The Hall–Kier alpha value is -1.75. The molecule has 1 N–H and O–H groups in total. The smallest absolute Gasteiger partial charge is 0.231 e. The van der Waals surface area contributed by atoms with Crippen LogP contribution in [0.3, 0.4) is 0 Å². The van der Waals surface area contributed by atoms with Gasteiger partial charge in [0, 0.05) is 12.2 Å². The van der Waals surface area contributed by atoms with Crippen molar-refractivity contribution >= 4 is 0 Å². The molecule has 2 unspecified atom stereocenters. The molecular weight excluding hydrogens is 252 g/mol. The number of pyridine rings is 1. The first-order valence-electron chi connectivity index (χ1n) is 7.15. The summed E-state index contributed by atoms with van der Waals surface area (Å²) in [6.07, 6.45) is 2.78. The zero-order valence-electron chi connectivity index (χ0n) is 12.6. The van der Waals surface area contributed by atoms with Crippen molar-refractivity contribution in [1.82, 2.24) is 20.4 Å². The number of nitrogens with zero attached hydrogens (tertiary/aromatic N) is 3. The molecule has 0 saturated carbocycles. The number of hydrogen-bond donors (Lipinski definition) is 1. The monoisotopic (exact) mass is 274 g/mol. The summed E-state index contributed by atoms with van der Waals surface area (Å²) in [5.41, 5.74) is 1.89. The Kier molecular flexibility index (Phi) is 4.84. The van der Waals surface area contributed by atoms with Gasteiger partial charge in [0.1, 0.15) is 5.69 Å². The molecule has 2 rings (SSSR count). The van der Waals surface area contributed by atoms with E-state index in [4.69, 9.17) is 4.52 Å². The molecule has 108 valence electrons. The number of aryl methyl sites for hydroxylation is 1. The van der Waals surface area contributed by atoms with Crippen LogP contribution >= 0.6 is 0 Å². The predicted molar refractivity (Wildman–Crippen MR) is 78.4 cm³/mol. The van der Waals surface area contributed by atoms with E-state index in [-0.39, 0.29) is 5.92 Å². The third-order valence-electron chi connectivity index (χ3n) is 3.49. The lowest BCUT2D eigenvalue weighted by molar-refractivity contribution is 0.321. The maximum absolute atomic E-state index is 5.41. The highest BCUT2D eigenvalue weighted by Crippen LogP contribution is 2.22. The van der Waals surface area contributed by atoms with Gasteiger partial charge in [-0.1, -0.05) is 25.9 Å². The summed E-state index contributed by atoms with van der Waals surface area (Å²) in [4.78, 5) is 8.78. The fourth-order valence-corrected chi connectivity index (χ4v) is 2.29. The summed E-state index contributed by atoms with van der Waals surface area (Å²) in [6.45, 7) is 9.32. The van der Waals surface area contributed by atoms with Gasteiger partial charge in [0.25, 0.3) is 0 Å². The first kappa shape index (κ1) is 14.7. The highest BCUT2D eigenvalue weighted by molar-refractivity contribution is 5.49. The molecule has 0 aromatic carbocycles. The Morgan fingerprint density at radius 2 is 2.15 bits per heavy atom. The van der Waals surface area contributed by atoms with Crippen molar-refractivity contribution in [3.63, 3.8) is 0 Å². The van der Waals surface area contributed by atoms with Crippen molar-refractivity contribution in [2.75, 3.05) is 6.54 Å². The van der Waals surface area contributed by atoms with Crippen LogP contribution in [0.1, 0.15) is 44.6 Å². The Labute approximate surface area is 119 Å². The molecule has 5 nitrogen and oxygen atoms in total. The lowest BCUT2D eigenvalue weighted by atomic mass is 9.99. The van der Waals surface area contributed by atoms with Gasteiger partial charge in [0.05, 0.1) is 5.92 Å². The van der Waals surface area contributed by atoms with Crippen LogP contribution < -0.4 is 5.32 Å². The average Bonchev–Trinajstić information content (AvgIpc) is 2.94. The molecule has 0 amide bonds. The highest BCUT2D eigenvalue weighted by atomic mass is 16.5. The Balaban J connectivity index is 2.20. The van der Waals surface area contributed by atoms with E-state index in [9.17, 15) is 0 Å². The zero-order valence-corrected chi connectivity index (χ0v) is 12.6. The summed E-state index contributed by atoms with van der Waals surface area (Å²) in [5.74, 6) is 1.41. The van der Waals surface area contributed by atoms with Gasteiger partial charge in [0.15, 0.2) is 0 Å². The van der Waals surface area contributed by atoms with Gasteiger partial charge in [0.2, 0.25) is 11.7 Å². The molecular formula is C15H22N4O.